The average Bonchev–Trinajstić information content (AvgIpc) is 2.52. The summed E-state index contributed by atoms with van der Waals surface area (Å²) in [4.78, 5) is 2.60. The molecule has 3 nitrogen and oxygen atoms in total. The highest BCUT2D eigenvalue weighted by molar-refractivity contribution is 5.27. The summed E-state index contributed by atoms with van der Waals surface area (Å²) in [6.07, 6.45) is 3.83. The Morgan fingerprint density at radius 3 is 2.50 bits per heavy atom. The van der Waals surface area contributed by atoms with Gasteiger partial charge in [-0.05, 0) is 69.1 Å². The molecule has 2 rings (SSSR count). The van der Waals surface area contributed by atoms with E-state index in [0.29, 0.717) is 0 Å². The smallest absolute Gasteiger partial charge is 0.118 e. The number of rotatable bonds is 7. The number of benzene rings is 1. The molecule has 20 heavy (non-hydrogen) atoms. The van der Waals surface area contributed by atoms with Crippen molar-refractivity contribution in [3.63, 3.8) is 0 Å². The van der Waals surface area contributed by atoms with Crippen LogP contribution in [0.15, 0.2) is 24.3 Å². The molecule has 0 spiro atoms. The molecule has 0 saturated carbocycles. The molecule has 1 N–H and O–H groups in total. The first-order chi connectivity index (χ1) is 9.81. The molecule has 0 aromatic heterocycles. The van der Waals surface area contributed by atoms with Crippen molar-refractivity contribution in [3.05, 3.63) is 29.8 Å². The maximum Gasteiger partial charge on any atom is 0.118 e. The Labute approximate surface area is 123 Å². The first-order valence-corrected chi connectivity index (χ1v) is 7.87. The predicted molar refractivity (Wildman–Crippen MR) is 84.4 cm³/mol. The van der Waals surface area contributed by atoms with Crippen LogP contribution in [0.3, 0.4) is 0 Å². The van der Waals surface area contributed by atoms with Gasteiger partial charge < -0.3 is 15.0 Å². The van der Waals surface area contributed by atoms with Gasteiger partial charge in [0.1, 0.15) is 5.75 Å². The number of hydrogen-bond acceptors (Lipinski definition) is 3. The molecule has 0 unspecified atom stereocenters. The standard InChI is InChI=1S/C17H28N2O/c1-3-18-14-16-9-12-19(13-10-16)11-8-15-4-6-17(20-2)7-5-15/h4-7,16,18H,3,8-14H2,1-2H3. The van der Waals surface area contributed by atoms with E-state index in [4.69, 9.17) is 4.74 Å². The zero-order valence-corrected chi connectivity index (χ0v) is 12.9. The second kappa shape index (κ2) is 8.28. The van der Waals surface area contributed by atoms with Crippen LogP contribution >= 0.6 is 0 Å². The third-order valence-corrected chi connectivity index (χ3v) is 4.27. The van der Waals surface area contributed by atoms with E-state index in [9.17, 15) is 0 Å². The minimum atomic E-state index is 0.882. The molecule has 0 atom stereocenters. The summed E-state index contributed by atoms with van der Waals surface area (Å²) in [5, 5.41) is 3.47. The lowest BCUT2D eigenvalue weighted by Gasteiger charge is -2.32. The zero-order valence-electron chi connectivity index (χ0n) is 12.9. The Morgan fingerprint density at radius 1 is 1.20 bits per heavy atom. The maximum absolute atomic E-state index is 5.19. The van der Waals surface area contributed by atoms with Crippen molar-refractivity contribution in [1.82, 2.24) is 10.2 Å². The number of hydrogen-bond donors (Lipinski definition) is 1. The van der Waals surface area contributed by atoms with Gasteiger partial charge >= 0.3 is 0 Å². The van der Waals surface area contributed by atoms with Crippen LogP contribution in [0.1, 0.15) is 25.3 Å². The van der Waals surface area contributed by atoms with Crippen molar-refractivity contribution >= 4 is 0 Å². The van der Waals surface area contributed by atoms with Crippen LogP contribution < -0.4 is 10.1 Å². The van der Waals surface area contributed by atoms with E-state index in [0.717, 1.165) is 24.6 Å². The van der Waals surface area contributed by atoms with E-state index < -0.39 is 0 Å². The van der Waals surface area contributed by atoms with E-state index in [1.807, 2.05) is 0 Å². The fourth-order valence-corrected chi connectivity index (χ4v) is 2.84. The molecule has 1 aromatic rings. The molecule has 1 heterocycles. The normalized spacial score (nSPS) is 17.3. The highest BCUT2D eigenvalue weighted by atomic mass is 16.5. The van der Waals surface area contributed by atoms with Gasteiger partial charge in [-0.15, -0.1) is 0 Å². The Morgan fingerprint density at radius 2 is 1.90 bits per heavy atom. The van der Waals surface area contributed by atoms with E-state index in [1.54, 1.807) is 7.11 Å². The molecule has 1 aromatic carbocycles. The van der Waals surface area contributed by atoms with Crippen LogP contribution in [0.5, 0.6) is 5.75 Å². The Kier molecular flexibility index (Phi) is 6.34. The number of likely N-dealkylation sites (tertiary alicyclic amines) is 1. The molecule has 1 fully saturated rings. The fraction of sp³-hybridized carbons (Fsp3) is 0.647. The Hall–Kier alpha value is -1.06. The SMILES string of the molecule is CCNCC1CCN(CCc2ccc(OC)cc2)CC1. The van der Waals surface area contributed by atoms with Crippen LogP contribution in [0.25, 0.3) is 0 Å². The van der Waals surface area contributed by atoms with Crippen molar-refractivity contribution in [2.45, 2.75) is 26.2 Å². The van der Waals surface area contributed by atoms with Gasteiger partial charge in [-0.25, -0.2) is 0 Å². The fourth-order valence-electron chi connectivity index (χ4n) is 2.84. The van der Waals surface area contributed by atoms with Gasteiger partial charge in [0.05, 0.1) is 7.11 Å². The first-order valence-electron chi connectivity index (χ1n) is 7.87. The lowest BCUT2D eigenvalue weighted by Crippen LogP contribution is -2.38. The molecule has 0 radical (unpaired) electrons. The lowest BCUT2D eigenvalue weighted by atomic mass is 9.96. The van der Waals surface area contributed by atoms with E-state index in [2.05, 4.69) is 41.4 Å². The van der Waals surface area contributed by atoms with Gasteiger partial charge in [0.2, 0.25) is 0 Å². The van der Waals surface area contributed by atoms with E-state index >= 15 is 0 Å². The molecule has 1 aliphatic rings. The topological polar surface area (TPSA) is 24.5 Å². The van der Waals surface area contributed by atoms with Gasteiger partial charge in [0.25, 0.3) is 0 Å². The number of nitrogens with zero attached hydrogens (tertiary/aromatic N) is 1. The van der Waals surface area contributed by atoms with Gasteiger partial charge in [0.15, 0.2) is 0 Å². The van der Waals surface area contributed by atoms with E-state index in [1.165, 1.54) is 44.6 Å². The zero-order chi connectivity index (χ0) is 14.2. The highest BCUT2D eigenvalue weighted by Crippen LogP contribution is 2.17. The van der Waals surface area contributed by atoms with Crippen molar-refractivity contribution < 1.29 is 4.74 Å². The summed E-state index contributed by atoms with van der Waals surface area (Å²) in [7, 11) is 1.71. The summed E-state index contributed by atoms with van der Waals surface area (Å²) >= 11 is 0. The minimum absolute atomic E-state index is 0.882. The third kappa shape index (κ3) is 4.80. The van der Waals surface area contributed by atoms with Crippen LogP contribution in [0, 0.1) is 5.92 Å². The number of piperidine rings is 1. The van der Waals surface area contributed by atoms with Gasteiger partial charge in [-0.3, -0.25) is 0 Å². The highest BCUT2D eigenvalue weighted by Gasteiger charge is 2.18. The molecule has 1 aliphatic heterocycles. The summed E-state index contributed by atoms with van der Waals surface area (Å²) in [5.41, 5.74) is 1.40. The molecule has 1 saturated heterocycles. The van der Waals surface area contributed by atoms with Crippen LogP contribution in [-0.2, 0) is 6.42 Å². The van der Waals surface area contributed by atoms with Crippen molar-refractivity contribution in [2.75, 3.05) is 39.8 Å². The number of ether oxygens (including phenoxy) is 1. The van der Waals surface area contributed by atoms with Gasteiger partial charge in [-0.1, -0.05) is 19.1 Å². The number of nitrogens with one attached hydrogen (secondary N) is 1. The first kappa shape index (κ1) is 15.3. The summed E-state index contributed by atoms with van der Waals surface area (Å²) in [6.45, 7) is 8.17. The number of methoxy groups -OCH3 is 1. The van der Waals surface area contributed by atoms with Crippen LogP contribution in [-0.4, -0.2) is 44.7 Å². The molecular formula is C17H28N2O. The largest absolute Gasteiger partial charge is 0.497 e. The molecule has 0 aliphatic carbocycles. The molecule has 0 amide bonds. The third-order valence-electron chi connectivity index (χ3n) is 4.27. The lowest BCUT2D eigenvalue weighted by molar-refractivity contribution is 0.184. The van der Waals surface area contributed by atoms with Gasteiger partial charge in [0, 0.05) is 6.54 Å². The van der Waals surface area contributed by atoms with Crippen LogP contribution in [0.2, 0.25) is 0 Å². The van der Waals surface area contributed by atoms with Crippen molar-refractivity contribution in [3.8, 4) is 5.75 Å². The monoisotopic (exact) mass is 276 g/mol. The van der Waals surface area contributed by atoms with Crippen LogP contribution in [0.4, 0.5) is 0 Å². The summed E-state index contributed by atoms with van der Waals surface area (Å²) < 4.78 is 5.19. The molecular weight excluding hydrogens is 248 g/mol. The summed E-state index contributed by atoms with van der Waals surface area (Å²) in [6, 6.07) is 8.46. The quantitative estimate of drug-likeness (QED) is 0.828. The van der Waals surface area contributed by atoms with Crippen molar-refractivity contribution in [2.24, 2.45) is 5.92 Å². The minimum Gasteiger partial charge on any atom is -0.497 e. The second-order valence-corrected chi connectivity index (χ2v) is 5.69. The average molecular weight is 276 g/mol. The van der Waals surface area contributed by atoms with Gasteiger partial charge in [-0.2, -0.15) is 0 Å². The summed E-state index contributed by atoms with van der Waals surface area (Å²) in [5.74, 6) is 1.82. The Balaban J connectivity index is 1.67. The van der Waals surface area contributed by atoms with E-state index in [-0.39, 0.29) is 0 Å². The molecule has 0 bridgehead atoms. The predicted octanol–water partition coefficient (Wildman–Crippen LogP) is 2.56. The van der Waals surface area contributed by atoms with Crippen molar-refractivity contribution in [1.29, 1.82) is 0 Å². The molecule has 3 heteroatoms. The maximum atomic E-state index is 5.19. The second-order valence-electron chi connectivity index (χ2n) is 5.69. The molecule has 112 valence electrons. The Bertz CT molecular complexity index is 369.